The quantitative estimate of drug-likeness (QED) is 0.716. The molecule has 0 spiro atoms. The smallest absolute Gasteiger partial charge is 0.142 e. The summed E-state index contributed by atoms with van der Waals surface area (Å²) in [6.07, 6.45) is 0.961. The lowest BCUT2D eigenvalue weighted by molar-refractivity contribution is 0.382. The number of rotatable bonds is 1. The molecule has 0 radical (unpaired) electrons. The fraction of sp³-hybridized carbons (Fsp3) is 0.333. The lowest BCUT2D eigenvalue weighted by atomic mass is 9.98. The van der Waals surface area contributed by atoms with Gasteiger partial charge in [0, 0.05) is 16.6 Å². The van der Waals surface area contributed by atoms with Gasteiger partial charge in [-0.3, -0.25) is 0 Å². The van der Waals surface area contributed by atoms with Crippen LogP contribution in [0.5, 0.6) is 0 Å². The van der Waals surface area contributed by atoms with Gasteiger partial charge in [-0.25, -0.2) is 4.39 Å². The van der Waals surface area contributed by atoms with Gasteiger partial charge in [-0.2, -0.15) is 0 Å². The third-order valence-electron chi connectivity index (χ3n) is 2.25. The van der Waals surface area contributed by atoms with Gasteiger partial charge in [0.1, 0.15) is 5.82 Å². The molecule has 1 aliphatic heterocycles. The molecule has 13 heavy (non-hydrogen) atoms. The summed E-state index contributed by atoms with van der Waals surface area (Å²) in [5.41, 5.74) is 0.689. The molecule has 1 nitrogen and oxygen atoms in total. The van der Waals surface area contributed by atoms with Gasteiger partial charge in [-0.1, -0.05) is 23.2 Å². The van der Waals surface area contributed by atoms with Crippen LogP contribution in [0.3, 0.4) is 0 Å². The van der Waals surface area contributed by atoms with Crippen molar-refractivity contribution in [1.29, 1.82) is 0 Å². The maximum absolute atomic E-state index is 13.1. The van der Waals surface area contributed by atoms with Crippen LogP contribution in [0.4, 0.5) is 4.39 Å². The summed E-state index contributed by atoms with van der Waals surface area (Å²) in [5.74, 6) is -0.408. The third-order valence-corrected chi connectivity index (χ3v) is 2.97. The van der Waals surface area contributed by atoms with E-state index in [2.05, 4.69) is 5.32 Å². The van der Waals surface area contributed by atoms with Crippen molar-refractivity contribution in [3.05, 3.63) is 33.6 Å². The lowest BCUT2D eigenvalue weighted by Gasteiger charge is -2.29. The van der Waals surface area contributed by atoms with E-state index < -0.39 is 5.82 Å². The molecule has 1 aromatic rings. The molecule has 1 heterocycles. The van der Waals surface area contributed by atoms with Crippen molar-refractivity contribution in [2.75, 3.05) is 6.54 Å². The first-order valence-corrected chi connectivity index (χ1v) is 4.82. The summed E-state index contributed by atoms with van der Waals surface area (Å²) in [6, 6.07) is 2.95. The number of halogens is 3. The van der Waals surface area contributed by atoms with Gasteiger partial charge in [0.05, 0.1) is 5.02 Å². The van der Waals surface area contributed by atoms with Crippen molar-refractivity contribution >= 4 is 23.2 Å². The van der Waals surface area contributed by atoms with Gasteiger partial charge in [-0.05, 0) is 25.1 Å². The largest absolute Gasteiger partial charge is 0.310 e. The maximum Gasteiger partial charge on any atom is 0.142 e. The highest BCUT2D eigenvalue weighted by Gasteiger charge is 2.24. The molecule has 70 valence electrons. The van der Waals surface area contributed by atoms with Gasteiger partial charge >= 0.3 is 0 Å². The fourth-order valence-corrected chi connectivity index (χ4v) is 2.03. The van der Waals surface area contributed by atoms with E-state index in [1.807, 2.05) is 0 Å². The SMILES string of the molecule is Fc1ccc(Cl)c(C2CCN2)c1Cl. The van der Waals surface area contributed by atoms with Crippen molar-refractivity contribution in [3.8, 4) is 0 Å². The van der Waals surface area contributed by atoms with E-state index in [1.165, 1.54) is 12.1 Å². The Balaban J connectivity index is 2.46. The summed E-state index contributed by atoms with van der Waals surface area (Å²) in [4.78, 5) is 0. The molecule has 4 heteroatoms. The Morgan fingerprint density at radius 2 is 2.08 bits per heavy atom. The van der Waals surface area contributed by atoms with Crippen LogP contribution in [0.25, 0.3) is 0 Å². The van der Waals surface area contributed by atoms with Gasteiger partial charge in [0.15, 0.2) is 0 Å². The first-order valence-electron chi connectivity index (χ1n) is 4.07. The van der Waals surface area contributed by atoms with Crippen LogP contribution in [0.15, 0.2) is 12.1 Å². The fourth-order valence-electron chi connectivity index (χ4n) is 1.40. The zero-order valence-corrected chi connectivity index (χ0v) is 8.29. The van der Waals surface area contributed by atoms with Crippen LogP contribution >= 0.6 is 23.2 Å². The summed E-state index contributed by atoms with van der Waals surface area (Å²) < 4.78 is 13.1. The molecule has 1 saturated heterocycles. The molecular weight excluding hydrogens is 212 g/mol. The Bertz CT molecular complexity index is 337. The molecule has 1 unspecified atom stereocenters. The maximum atomic E-state index is 13.1. The second-order valence-corrected chi connectivity index (χ2v) is 3.84. The highest BCUT2D eigenvalue weighted by Crippen LogP contribution is 2.36. The van der Waals surface area contributed by atoms with Crippen LogP contribution in [0, 0.1) is 5.82 Å². The highest BCUT2D eigenvalue weighted by molar-refractivity contribution is 6.36. The van der Waals surface area contributed by atoms with E-state index in [9.17, 15) is 4.39 Å². The molecule has 2 rings (SSSR count). The van der Waals surface area contributed by atoms with Crippen molar-refractivity contribution < 1.29 is 4.39 Å². The van der Waals surface area contributed by atoms with Gasteiger partial charge in [0.25, 0.3) is 0 Å². The number of hydrogen-bond donors (Lipinski definition) is 1. The van der Waals surface area contributed by atoms with Crippen molar-refractivity contribution in [2.45, 2.75) is 12.5 Å². The number of benzene rings is 1. The highest BCUT2D eigenvalue weighted by atomic mass is 35.5. The van der Waals surface area contributed by atoms with Gasteiger partial charge in [-0.15, -0.1) is 0 Å². The molecule has 0 aromatic heterocycles. The van der Waals surface area contributed by atoms with Crippen LogP contribution in [0.1, 0.15) is 18.0 Å². The Labute approximate surface area is 85.8 Å². The van der Waals surface area contributed by atoms with E-state index in [1.54, 1.807) is 0 Å². The Kier molecular flexibility index (Phi) is 2.45. The Hall–Kier alpha value is -0.310. The van der Waals surface area contributed by atoms with E-state index in [-0.39, 0.29) is 11.1 Å². The molecule has 1 fully saturated rings. The van der Waals surface area contributed by atoms with E-state index in [0.717, 1.165) is 13.0 Å². The minimum Gasteiger partial charge on any atom is -0.310 e. The van der Waals surface area contributed by atoms with E-state index in [4.69, 9.17) is 23.2 Å². The van der Waals surface area contributed by atoms with Crippen molar-refractivity contribution in [1.82, 2.24) is 5.32 Å². The average molecular weight is 220 g/mol. The lowest BCUT2D eigenvalue weighted by Crippen LogP contribution is -2.35. The van der Waals surface area contributed by atoms with Gasteiger partial charge in [0.2, 0.25) is 0 Å². The molecular formula is C9H8Cl2FN. The first-order chi connectivity index (χ1) is 6.20. The monoisotopic (exact) mass is 219 g/mol. The number of nitrogens with one attached hydrogen (secondary N) is 1. The molecule has 0 aliphatic carbocycles. The molecule has 0 bridgehead atoms. The molecule has 1 aromatic carbocycles. The third kappa shape index (κ3) is 1.54. The second kappa shape index (κ2) is 3.45. The molecule has 0 saturated carbocycles. The molecule has 1 atom stereocenters. The van der Waals surface area contributed by atoms with Crippen LogP contribution < -0.4 is 5.32 Å². The normalized spacial score (nSPS) is 21.3. The zero-order valence-electron chi connectivity index (χ0n) is 6.78. The summed E-state index contributed by atoms with van der Waals surface area (Å²) in [7, 11) is 0. The molecule has 1 N–H and O–H groups in total. The Morgan fingerprint density at radius 1 is 1.38 bits per heavy atom. The van der Waals surface area contributed by atoms with Gasteiger partial charge < -0.3 is 5.32 Å². The standard InChI is InChI=1S/C9H8Cl2FN/c10-5-1-2-6(12)9(11)8(5)7-3-4-13-7/h1-2,7,13H,3-4H2. The average Bonchev–Trinajstić information content (AvgIpc) is 2.02. The summed E-state index contributed by atoms with van der Waals surface area (Å²) in [6.45, 7) is 0.938. The predicted octanol–water partition coefficient (Wildman–Crippen LogP) is 3.17. The van der Waals surface area contributed by atoms with Crippen LogP contribution in [0.2, 0.25) is 10.0 Å². The second-order valence-electron chi connectivity index (χ2n) is 3.05. The molecule has 0 amide bonds. The van der Waals surface area contributed by atoms with Crippen molar-refractivity contribution in [3.63, 3.8) is 0 Å². The van der Waals surface area contributed by atoms with Crippen LogP contribution in [-0.4, -0.2) is 6.54 Å². The zero-order chi connectivity index (χ0) is 9.42. The minimum atomic E-state index is -0.408. The van der Waals surface area contributed by atoms with Crippen molar-refractivity contribution in [2.24, 2.45) is 0 Å². The topological polar surface area (TPSA) is 12.0 Å². The Morgan fingerprint density at radius 3 is 2.62 bits per heavy atom. The number of hydrogen-bond acceptors (Lipinski definition) is 1. The predicted molar refractivity (Wildman–Crippen MR) is 51.8 cm³/mol. The summed E-state index contributed by atoms with van der Waals surface area (Å²) in [5, 5.41) is 3.81. The minimum absolute atomic E-state index is 0.121. The first kappa shape index (κ1) is 9.25. The van der Waals surface area contributed by atoms with Crippen LogP contribution in [-0.2, 0) is 0 Å². The summed E-state index contributed by atoms with van der Waals surface area (Å²) >= 11 is 11.7. The van der Waals surface area contributed by atoms with E-state index >= 15 is 0 Å². The van der Waals surface area contributed by atoms with E-state index in [0.29, 0.717) is 10.6 Å². The molecule has 1 aliphatic rings.